The highest BCUT2D eigenvalue weighted by molar-refractivity contribution is 6.30. The quantitative estimate of drug-likeness (QED) is 0.387. The minimum absolute atomic E-state index is 0.716. The summed E-state index contributed by atoms with van der Waals surface area (Å²) in [7, 11) is 2.13. The monoisotopic (exact) mass is 430 g/mol. The number of nitrogens with zero attached hydrogens (tertiary/aromatic N) is 3. The molecule has 2 aromatic heterocycles. The van der Waals surface area contributed by atoms with Gasteiger partial charge in [-0.2, -0.15) is 0 Å². The van der Waals surface area contributed by atoms with Crippen molar-refractivity contribution in [2.24, 2.45) is 0 Å². The predicted molar refractivity (Wildman–Crippen MR) is 128 cm³/mol. The third-order valence-electron chi connectivity index (χ3n) is 5.53. The molecule has 0 bridgehead atoms. The maximum absolute atomic E-state index is 6.10. The molecule has 4 rings (SSSR count). The number of aryl methyl sites for hydroxylation is 3. The number of aromatic amines is 1. The lowest BCUT2D eigenvalue weighted by Gasteiger charge is -2.19. The van der Waals surface area contributed by atoms with Gasteiger partial charge >= 0.3 is 0 Å². The van der Waals surface area contributed by atoms with Crippen LogP contribution in [0.4, 0.5) is 0 Å². The standard InChI is InChI=1S/C26H27ClN4/c1-17-13-18(2)23(19(3)14-17)15-31(4)16-24-29-25(20-5-7-22(27)8-6-20)26(30-24)21-9-11-28-12-10-21/h5-14H,15-16H2,1-4H3,(H,29,30). The first-order chi connectivity index (χ1) is 14.9. The average Bonchev–Trinajstić information content (AvgIpc) is 3.15. The second-order valence-electron chi connectivity index (χ2n) is 8.20. The molecule has 0 atom stereocenters. The van der Waals surface area contributed by atoms with E-state index in [-0.39, 0.29) is 0 Å². The highest BCUT2D eigenvalue weighted by Crippen LogP contribution is 2.31. The molecule has 0 unspecified atom stereocenters. The lowest BCUT2D eigenvalue weighted by atomic mass is 9.99. The van der Waals surface area contributed by atoms with Gasteiger partial charge in [0.25, 0.3) is 0 Å². The molecule has 31 heavy (non-hydrogen) atoms. The second-order valence-corrected chi connectivity index (χ2v) is 8.64. The predicted octanol–water partition coefficient (Wildman–Crippen LogP) is 6.35. The van der Waals surface area contributed by atoms with Crippen molar-refractivity contribution in [3.8, 4) is 22.5 Å². The first kappa shape index (κ1) is 21.3. The number of aromatic nitrogens is 3. The van der Waals surface area contributed by atoms with Crippen molar-refractivity contribution >= 4 is 11.6 Å². The highest BCUT2D eigenvalue weighted by atomic mass is 35.5. The van der Waals surface area contributed by atoms with Gasteiger partial charge in [-0.25, -0.2) is 4.98 Å². The van der Waals surface area contributed by atoms with Crippen molar-refractivity contribution in [2.75, 3.05) is 7.05 Å². The summed E-state index contributed by atoms with van der Waals surface area (Å²) < 4.78 is 0. The molecule has 0 aliphatic rings. The normalized spacial score (nSPS) is 11.3. The number of halogens is 1. The van der Waals surface area contributed by atoms with Crippen molar-refractivity contribution < 1.29 is 0 Å². The molecular weight excluding hydrogens is 404 g/mol. The van der Waals surface area contributed by atoms with E-state index in [0.29, 0.717) is 5.02 Å². The number of hydrogen-bond donors (Lipinski definition) is 1. The van der Waals surface area contributed by atoms with Gasteiger partial charge < -0.3 is 4.98 Å². The van der Waals surface area contributed by atoms with Gasteiger partial charge in [0.05, 0.1) is 17.9 Å². The summed E-state index contributed by atoms with van der Waals surface area (Å²) in [4.78, 5) is 15.0. The molecule has 4 aromatic rings. The molecule has 158 valence electrons. The van der Waals surface area contributed by atoms with Crippen LogP contribution < -0.4 is 0 Å². The summed E-state index contributed by atoms with van der Waals surface area (Å²) in [6.45, 7) is 8.12. The summed E-state index contributed by atoms with van der Waals surface area (Å²) in [5.41, 5.74) is 9.38. The number of imidazole rings is 1. The van der Waals surface area contributed by atoms with Gasteiger partial charge in [0, 0.05) is 35.1 Å². The van der Waals surface area contributed by atoms with E-state index in [2.05, 4.69) is 54.8 Å². The second kappa shape index (κ2) is 9.04. The van der Waals surface area contributed by atoms with Crippen LogP contribution in [-0.2, 0) is 13.1 Å². The van der Waals surface area contributed by atoms with Crippen molar-refractivity contribution in [3.05, 3.63) is 94.0 Å². The van der Waals surface area contributed by atoms with Gasteiger partial charge in [0.2, 0.25) is 0 Å². The molecule has 0 amide bonds. The number of pyridine rings is 1. The summed E-state index contributed by atoms with van der Waals surface area (Å²) in [6.07, 6.45) is 3.60. The molecule has 0 fully saturated rings. The summed E-state index contributed by atoms with van der Waals surface area (Å²) in [5, 5.41) is 0.716. The third kappa shape index (κ3) is 4.87. The Labute approximate surface area is 189 Å². The SMILES string of the molecule is Cc1cc(C)c(CN(C)Cc2nc(-c3ccc(Cl)cc3)c(-c3ccncc3)[nH]2)c(C)c1. The molecule has 0 aliphatic carbocycles. The summed E-state index contributed by atoms with van der Waals surface area (Å²) in [5.74, 6) is 0.932. The topological polar surface area (TPSA) is 44.8 Å². The van der Waals surface area contributed by atoms with Crippen molar-refractivity contribution in [2.45, 2.75) is 33.9 Å². The zero-order chi connectivity index (χ0) is 22.0. The van der Waals surface area contributed by atoms with Crippen LogP contribution in [-0.4, -0.2) is 26.9 Å². The van der Waals surface area contributed by atoms with Crippen LogP contribution in [0.25, 0.3) is 22.5 Å². The van der Waals surface area contributed by atoms with E-state index in [1.54, 1.807) is 12.4 Å². The van der Waals surface area contributed by atoms with Crippen molar-refractivity contribution in [1.82, 2.24) is 19.9 Å². The molecule has 0 saturated carbocycles. The Morgan fingerprint density at radius 3 is 2.16 bits per heavy atom. The van der Waals surface area contributed by atoms with Crippen LogP contribution in [0.3, 0.4) is 0 Å². The number of H-pyrrole nitrogens is 1. The first-order valence-corrected chi connectivity index (χ1v) is 10.8. The molecule has 0 aliphatic heterocycles. The zero-order valence-corrected chi connectivity index (χ0v) is 19.2. The van der Waals surface area contributed by atoms with Crippen LogP contribution in [0, 0.1) is 20.8 Å². The van der Waals surface area contributed by atoms with E-state index in [1.807, 2.05) is 36.4 Å². The minimum Gasteiger partial charge on any atom is -0.340 e. The van der Waals surface area contributed by atoms with E-state index >= 15 is 0 Å². The van der Waals surface area contributed by atoms with Gasteiger partial charge in [-0.3, -0.25) is 9.88 Å². The van der Waals surface area contributed by atoms with Crippen LogP contribution in [0.1, 0.15) is 28.1 Å². The Hall–Kier alpha value is -2.95. The summed E-state index contributed by atoms with van der Waals surface area (Å²) >= 11 is 6.10. The Bertz CT molecular complexity index is 1160. The van der Waals surface area contributed by atoms with Crippen molar-refractivity contribution in [1.29, 1.82) is 0 Å². The van der Waals surface area contributed by atoms with Crippen LogP contribution in [0.2, 0.25) is 5.02 Å². The Balaban J connectivity index is 1.64. The molecule has 1 N–H and O–H groups in total. The fraction of sp³-hybridized carbons (Fsp3) is 0.231. The van der Waals surface area contributed by atoms with E-state index in [9.17, 15) is 0 Å². The van der Waals surface area contributed by atoms with Crippen LogP contribution in [0.5, 0.6) is 0 Å². The number of benzene rings is 2. The maximum Gasteiger partial charge on any atom is 0.121 e. The highest BCUT2D eigenvalue weighted by Gasteiger charge is 2.16. The lowest BCUT2D eigenvalue weighted by Crippen LogP contribution is -2.19. The van der Waals surface area contributed by atoms with Gasteiger partial charge in [0.15, 0.2) is 0 Å². The first-order valence-electron chi connectivity index (χ1n) is 10.4. The number of hydrogen-bond acceptors (Lipinski definition) is 3. The fourth-order valence-electron chi connectivity index (χ4n) is 4.08. The van der Waals surface area contributed by atoms with Crippen LogP contribution >= 0.6 is 11.6 Å². The van der Waals surface area contributed by atoms with Gasteiger partial charge in [-0.05, 0) is 68.8 Å². The average molecular weight is 431 g/mol. The largest absolute Gasteiger partial charge is 0.340 e. The number of rotatable bonds is 6. The fourth-order valence-corrected chi connectivity index (χ4v) is 4.21. The van der Waals surface area contributed by atoms with Gasteiger partial charge in [0.1, 0.15) is 5.82 Å². The van der Waals surface area contributed by atoms with Crippen molar-refractivity contribution in [3.63, 3.8) is 0 Å². The molecule has 0 spiro atoms. The lowest BCUT2D eigenvalue weighted by molar-refractivity contribution is 0.310. The zero-order valence-electron chi connectivity index (χ0n) is 18.4. The van der Waals surface area contributed by atoms with E-state index in [0.717, 1.165) is 41.4 Å². The molecular formula is C26H27ClN4. The Morgan fingerprint density at radius 1 is 0.871 bits per heavy atom. The molecule has 4 nitrogen and oxygen atoms in total. The van der Waals surface area contributed by atoms with E-state index in [4.69, 9.17) is 16.6 Å². The summed E-state index contributed by atoms with van der Waals surface area (Å²) in [6, 6.07) is 16.3. The molecule has 2 heterocycles. The maximum atomic E-state index is 6.10. The smallest absolute Gasteiger partial charge is 0.121 e. The van der Waals surface area contributed by atoms with Gasteiger partial charge in [-0.15, -0.1) is 0 Å². The third-order valence-corrected chi connectivity index (χ3v) is 5.78. The molecule has 5 heteroatoms. The minimum atomic E-state index is 0.716. The van der Waals surface area contributed by atoms with E-state index in [1.165, 1.54) is 22.3 Å². The number of nitrogens with one attached hydrogen (secondary N) is 1. The van der Waals surface area contributed by atoms with Crippen LogP contribution in [0.15, 0.2) is 60.9 Å². The molecule has 0 radical (unpaired) electrons. The molecule has 2 aromatic carbocycles. The Morgan fingerprint density at radius 2 is 1.52 bits per heavy atom. The Kier molecular flexibility index (Phi) is 6.21. The molecule has 0 saturated heterocycles. The van der Waals surface area contributed by atoms with E-state index < -0.39 is 0 Å². The van der Waals surface area contributed by atoms with Gasteiger partial charge in [-0.1, -0.05) is 41.4 Å².